The summed E-state index contributed by atoms with van der Waals surface area (Å²) in [6, 6.07) is 2.12. The highest BCUT2D eigenvalue weighted by molar-refractivity contribution is 9.10. The molecular weight excluding hydrogens is 304 g/mol. The third kappa shape index (κ3) is 4.63. The zero-order chi connectivity index (χ0) is 13.9. The number of hydrogen-bond acceptors (Lipinski definition) is 2. The normalized spacial score (nSPS) is 13.7. The first-order valence-corrected chi connectivity index (χ1v) is 6.52. The lowest BCUT2D eigenvalue weighted by atomic mass is 10.1. The average Bonchev–Trinajstić information content (AvgIpc) is 2.26. The van der Waals surface area contributed by atoms with Crippen molar-refractivity contribution < 1.29 is 13.5 Å². The second-order valence-corrected chi connectivity index (χ2v) is 6.06. The van der Waals surface area contributed by atoms with Gasteiger partial charge in [0.25, 0.3) is 0 Å². The Morgan fingerprint density at radius 3 is 2.50 bits per heavy atom. The van der Waals surface area contributed by atoms with Gasteiger partial charge in [-0.1, -0.05) is 0 Å². The Bertz CT molecular complexity index is 418. The van der Waals surface area contributed by atoms with Crippen molar-refractivity contribution in [3.05, 3.63) is 33.8 Å². The van der Waals surface area contributed by atoms with Crippen LogP contribution < -0.4 is 5.73 Å². The van der Waals surface area contributed by atoms with Gasteiger partial charge in [0.05, 0.1) is 16.7 Å². The van der Waals surface area contributed by atoms with E-state index in [1.54, 1.807) is 0 Å². The largest absolute Gasteiger partial charge is 0.374 e. The van der Waals surface area contributed by atoms with Crippen LogP contribution in [0.3, 0.4) is 0 Å². The van der Waals surface area contributed by atoms with Crippen LogP contribution in [-0.4, -0.2) is 18.2 Å². The second-order valence-electron chi connectivity index (χ2n) is 5.21. The zero-order valence-corrected chi connectivity index (χ0v) is 12.4. The van der Waals surface area contributed by atoms with Gasteiger partial charge >= 0.3 is 0 Å². The molecule has 0 saturated heterocycles. The van der Waals surface area contributed by atoms with Crippen LogP contribution in [-0.2, 0) is 11.2 Å². The smallest absolute Gasteiger partial charge is 0.143 e. The molecule has 0 aliphatic rings. The van der Waals surface area contributed by atoms with Gasteiger partial charge in [-0.05, 0) is 55.3 Å². The molecule has 0 amide bonds. The number of halogens is 3. The van der Waals surface area contributed by atoms with Crippen molar-refractivity contribution in [1.82, 2.24) is 0 Å². The van der Waals surface area contributed by atoms with Crippen LogP contribution in [0.4, 0.5) is 8.78 Å². The maximum absolute atomic E-state index is 13.7. The maximum atomic E-state index is 13.7. The monoisotopic (exact) mass is 321 g/mol. The Kier molecular flexibility index (Phi) is 5.25. The predicted octanol–water partition coefficient (Wildman–Crippen LogP) is 3.41. The summed E-state index contributed by atoms with van der Waals surface area (Å²) in [5.41, 5.74) is 5.51. The Morgan fingerprint density at radius 2 is 1.94 bits per heavy atom. The molecule has 0 heterocycles. The Hall–Kier alpha value is -0.520. The highest BCUT2D eigenvalue weighted by atomic mass is 79.9. The molecule has 5 heteroatoms. The van der Waals surface area contributed by atoms with E-state index in [2.05, 4.69) is 15.9 Å². The second kappa shape index (κ2) is 6.08. The highest BCUT2D eigenvalue weighted by Crippen LogP contribution is 2.22. The SMILES string of the molecule is CC(C)(C)OCC(N)Cc1c(F)ccc(Br)c1F. The molecule has 0 aromatic heterocycles. The predicted molar refractivity (Wildman–Crippen MR) is 71.4 cm³/mol. The molecule has 1 aromatic rings. The van der Waals surface area contributed by atoms with E-state index in [0.717, 1.165) is 0 Å². The van der Waals surface area contributed by atoms with E-state index in [4.69, 9.17) is 10.5 Å². The minimum atomic E-state index is -0.596. The van der Waals surface area contributed by atoms with E-state index in [0.29, 0.717) is 0 Å². The molecule has 1 unspecified atom stereocenters. The Morgan fingerprint density at radius 1 is 1.33 bits per heavy atom. The van der Waals surface area contributed by atoms with E-state index < -0.39 is 17.7 Å². The minimum absolute atomic E-state index is 0.00520. The minimum Gasteiger partial charge on any atom is -0.374 e. The number of ether oxygens (including phenoxy) is 1. The summed E-state index contributed by atoms with van der Waals surface area (Å²) in [6.07, 6.45) is 0.104. The lowest BCUT2D eigenvalue weighted by Gasteiger charge is -2.22. The van der Waals surface area contributed by atoms with Crippen LogP contribution >= 0.6 is 15.9 Å². The van der Waals surface area contributed by atoms with Crippen molar-refractivity contribution in [3.8, 4) is 0 Å². The first kappa shape index (κ1) is 15.5. The molecule has 0 saturated carbocycles. The zero-order valence-electron chi connectivity index (χ0n) is 10.8. The summed E-state index contributed by atoms with van der Waals surface area (Å²) in [6.45, 7) is 5.97. The van der Waals surface area contributed by atoms with Gasteiger partial charge in [-0.25, -0.2) is 8.78 Å². The van der Waals surface area contributed by atoms with E-state index in [9.17, 15) is 8.78 Å². The van der Waals surface area contributed by atoms with Crippen molar-refractivity contribution in [2.24, 2.45) is 5.73 Å². The number of benzene rings is 1. The first-order valence-electron chi connectivity index (χ1n) is 5.72. The molecule has 18 heavy (non-hydrogen) atoms. The van der Waals surface area contributed by atoms with E-state index in [1.807, 2.05) is 20.8 Å². The summed E-state index contributed by atoms with van der Waals surface area (Å²) in [5.74, 6) is -1.18. The number of nitrogens with two attached hydrogens (primary N) is 1. The fourth-order valence-electron chi connectivity index (χ4n) is 1.43. The summed E-state index contributed by atoms with van der Waals surface area (Å²) in [5, 5.41) is 0. The molecule has 1 aromatic carbocycles. The van der Waals surface area contributed by atoms with Gasteiger partial charge in [0.1, 0.15) is 11.6 Å². The van der Waals surface area contributed by atoms with Crippen LogP contribution in [0.1, 0.15) is 26.3 Å². The van der Waals surface area contributed by atoms with E-state index >= 15 is 0 Å². The van der Waals surface area contributed by atoms with Crippen molar-refractivity contribution in [2.75, 3.05) is 6.61 Å². The third-order valence-corrected chi connectivity index (χ3v) is 2.95. The van der Waals surface area contributed by atoms with Crippen LogP contribution in [0.2, 0.25) is 0 Å². The summed E-state index contributed by atoms with van der Waals surface area (Å²) >= 11 is 3.03. The average molecular weight is 322 g/mol. The van der Waals surface area contributed by atoms with E-state index in [1.165, 1.54) is 12.1 Å². The highest BCUT2D eigenvalue weighted by Gasteiger charge is 2.18. The van der Waals surface area contributed by atoms with Gasteiger partial charge in [0.15, 0.2) is 0 Å². The molecule has 0 fully saturated rings. The molecule has 0 aliphatic carbocycles. The van der Waals surface area contributed by atoms with Gasteiger partial charge in [0.2, 0.25) is 0 Å². The van der Waals surface area contributed by atoms with Crippen molar-refractivity contribution in [2.45, 2.75) is 38.8 Å². The Balaban J connectivity index is 2.70. The van der Waals surface area contributed by atoms with Crippen LogP contribution in [0.15, 0.2) is 16.6 Å². The van der Waals surface area contributed by atoms with Crippen molar-refractivity contribution in [1.29, 1.82) is 0 Å². The van der Waals surface area contributed by atoms with Gasteiger partial charge in [0, 0.05) is 11.6 Å². The maximum Gasteiger partial charge on any atom is 0.143 e. The summed E-state index contributed by atoms with van der Waals surface area (Å²) < 4.78 is 33.0. The molecule has 0 aliphatic heterocycles. The van der Waals surface area contributed by atoms with Crippen molar-refractivity contribution >= 4 is 15.9 Å². The van der Waals surface area contributed by atoms with Gasteiger partial charge in [-0.2, -0.15) is 0 Å². The standard InChI is InChI=1S/C13H18BrF2NO/c1-13(2,3)18-7-8(17)6-9-11(15)5-4-10(14)12(9)16/h4-5,8H,6-7,17H2,1-3H3. The molecule has 1 rings (SSSR count). The number of hydrogen-bond donors (Lipinski definition) is 1. The van der Waals surface area contributed by atoms with Crippen molar-refractivity contribution in [3.63, 3.8) is 0 Å². The molecule has 1 atom stereocenters. The lowest BCUT2D eigenvalue weighted by molar-refractivity contribution is -0.00996. The molecule has 0 radical (unpaired) electrons. The third-order valence-electron chi connectivity index (χ3n) is 2.34. The molecule has 2 N–H and O–H groups in total. The van der Waals surface area contributed by atoms with Gasteiger partial charge in [-0.3, -0.25) is 0 Å². The van der Waals surface area contributed by atoms with E-state index in [-0.39, 0.29) is 28.7 Å². The lowest BCUT2D eigenvalue weighted by Crippen LogP contribution is -2.34. The molecular formula is C13H18BrF2NO. The molecule has 2 nitrogen and oxygen atoms in total. The molecule has 102 valence electrons. The summed E-state index contributed by atoms with van der Waals surface area (Å²) in [7, 11) is 0. The first-order chi connectivity index (χ1) is 8.20. The number of rotatable bonds is 4. The quantitative estimate of drug-likeness (QED) is 0.862. The van der Waals surface area contributed by atoms with Gasteiger partial charge < -0.3 is 10.5 Å². The van der Waals surface area contributed by atoms with Crippen LogP contribution in [0, 0.1) is 11.6 Å². The topological polar surface area (TPSA) is 35.2 Å². The molecule has 0 spiro atoms. The fraction of sp³-hybridized carbons (Fsp3) is 0.538. The fourth-order valence-corrected chi connectivity index (χ4v) is 1.81. The van der Waals surface area contributed by atoms with Gasteiger partial charge in [-0.15, -0.1) is 0 Å². The van der Waals surface area contributed by atoms with Crippen LogP contribution in [0.25, 0.3) is 0 Å². The Labute approximate surface area is 115 Å². The molecule has 0 bridgehead atoms. The summed E-state index contributed by atoms with van der Waals surface area (Å²) in [4.78, 5) is 0. The van der Waals surface area contributed by atoms with Crippen LogP contribution in [0.5, 0.6) is 0 Å².